The number of aromatic hydroxyl groups is 2. The van der Waals surface area contributed by atoms with Crippen molar-refractivity contribution in [3.63, 3.8) is 0 Å². The van der Waals surface area contributed by atoms with Crippen LogP contribution >= 0.6 is 0 Å². The minimum absolute atomic E-state index is 0.355. The average Bonchev–Trinajstić information content (AvgIpc) is 2.64. The van der Waals surface area contributed by atoms with Gasteiger partial charge in [-0.1, -0.05) is 39.8 Å². The van der Waals surface area contributed by atoms with Crippen molar-refractivity contribution >= 4 is 11.1 Å². The minimum atomic E-state index is 0.355. The molecule has 2 aromatic rings. The lowest BCUT2D eigenvalue weighted by atomic mass is 9.75. The number of phenols is 2. The lowest BCUT2D eigenvalue weighted by Gasteiger charge is -2.29. The molecule has 0 spiro atoms. The fourth-order valence-electron chi connectivity index (χ4n) is 3.58. The van der Waals surface area contributed by atoms with E-state index in [2.05, 4.69) is 0 Å². The van der Waals surface area contributed by atoms with E-state index in [9.17, 15) is 10.2 Å². The molecule has 0 aromatic heterocycles. The normalized spacial score (nSPS) is 14.2. The van der Waals surface area contributed by atoms with Gasteiger partial charge in [0.15, 0.2) is 0 Å². The first-order valence-electron chi connectivity index (χ1n) is 9.09. The molecule has 0 bridgehead atoms. The lowest BCUT2D eigenvalue weighted by molar-refractivity contribution is 0.473. The monoisotopic (exact) mass is 324 g/mol. The minimum Gasteiger partial charge on any atom is -0.508 e. The molecule has 0 aliphatic heterocycles. The second-order valence-electron chi connectivity index (χ2n) is 5.64. The number of phenolic OH excluding ortho intramolecular Hbond substituents is 2. The highest BCUT2D eigenvalue weighted by Crippen LogP contribution is 2.44. The maximum absolute atomic E-state index is 9.63. The average molecular weight is 324 g/mol. The summed E-state index contributed by atoms with van der Waals surface area (Å²) in [6.07, 6.45) is 3.99. The van der Waals surface area contributed by atoms with Gasteiger partial charge in [0.05, 0.1) is 0 Å². The van der Waals surface area contributed by atoms with Crippen molar-refractivity contribution in [2.75, 3.05) is 0 Å². The first-order valence-corrected chi connectivity index (χ1v) is 9.09. The van der Waals surface area contributed by atoms with Crippen molar-refractivity contribution in [1.29, 1.82) is 0 Å². The summed E-state index contributed by atoms with van der Waals surface area (Å²) in [5.41, 5.74) is 7.94. The number of hydrogen-bond donors (Lipinski definition) is 2. The molecule has 24 heavy (non-hydrogen) atoms. The lowest BCUT2D eigenvalue weighted by Crippen LogP contribution is -2.11. The number of aryl methyl sites for hydroxylation is 2. The van der Waals surface area contributed by atoms with E-state index in [-0.39, 0.29) is 0 Å². The van der Waals surface area contributed by atoms with Gasteiger partial charge in [-0.25, -0.2) is 0 Å². The second-order valence-corrected chi connectivity index (χ2v) is 5.64. The van der Waals surface area contributed by atoms with E-state index in [4.69, 9.17) is 0 Å². The Morgan fingerprint density at radius 3 is 1.33 bits per heavy atom. The molecule has 2 aromatic carbocycles. The molecule has 2 aliphatic rings. The third-order valence-electron chi connectivity index (χ3n) is 4.48. The van der Waals surface area contributed by atoms with Gasteiger partial charge in [-0.15, -0.1) is 0 Å². The fourth-order valence-corrected chi connectivity index (χ4v) is 3.58. The Bertz CT molecular complexity index is 678. The van der Waals surface area contributed by atoms with Crippen molar-refractivity contribution in [2.24, 2.45) is 0 Å². The largest absolute Gasteiger partial charge is 0.508 e. The zero-order valence-electron chi connectivity index (χ0n) is 15.2. The van der Waals surface area contributed by atoms with Crippen molar-refractivity contribution in [3.8, 4) is 11.5 Å². The van der Waals surface area contributed by atoms with Crippen LogP contribution in [0.2, 0.25) is 0 Å². The molecule has 0 radical (unpaired) electrons. The summed E-state index contributed by atoms with van der Waals surface area (Å²) in [6.45, 7) is 8.00. The molecular formula is C22H28O2. The number of hydrogen-bond acceptors (Lipinski definition) is 2. The Morgan fingerprint density at radius 2 is 0.958 bits per heavy atom. The smallest absolute Gasteiger partial charge is 0.115 e. The molecule has 0 unspecified atom stereocenters. The fraction of sp³-hybridized carbons (Fsp3) is 0.364. The van der Waals surface area contributed by atoms with Gasteiger partial charge in [-0.05, 0) is 83.3 Å². The Kier molecular flexibility index (Phi) is 6.08. The van der Waals surface area contributed by atoms with E-state index in [0.717, 1.165) is 25.7 Å². The highest BCUT2D eigenvalue weighted by molar-refractivity contribution is 5.96. The van der Waals surface area contributed by atoms with Crippen molar-refractivity contribution in [2.45, 2.75) is 53.4 Å². The molecule has 0 amide bonds. The van der Waals surface area contributed by atoms with Crippen LogP contribution in [-0.2, 0) is 12.8 Å². The number of allylic oxidation sites excluding steroid dienone is 2. The van der Waals surface area contributed by atoms with Gasteiger partial charge in [-0.2, -0.15) is 0 Å². The molecule has 0 saturated heterocycles. The van der Waals surface area contributed by atoms with Crippen LogP contribution in [-0.4, -0.2) is 10.2 Å². The third-order valence-corrected chi connectivity index (χ3v) is 4.48. The van der Waals surface area contributed by atoms with Gasteiger partial charge < -0.3 is 10.2 Å². The van der Waals surface area contributed by atoms with Gasteiger partial charge in [0, 0.05) is 0 Å². The van der Waals surface area contributed by atoms with Gasteiger partial charge in [0.1, 0.15) is 11.5 Å². The zero-order valence-corrected chi connectivity index (χ0v) is 15.2. The molecule has 2 aliphatic carbocycles. The van der Waals surface area contributed by atoms with E-state index < -0.39 is 0 Å². The zero-order chi connectivity index (χ0) is 17.7. The van der Waals surface area contributed by atoms with Crippen LogP contribution in [0.1, 0.15) is 62.8 Å². The molecule has 2 nitrogen and oxygen atoms in total. The van der Waals surface area contributed by atoms with E-state index in [1.54, 1.807) is 12.1 Å². The molecular weight excluding hydrogens is 296 g/mol. The van der Waals surface area contributed by atoms with E-state index in [0.29, 0.717) is 11.5 Å². The van der Waals surface area contributed by atoms with E-state index >= 15 is 0 Å². The first-order chi connectivity index (χ1) is 11.7. The van der Waals surface area contributed by atoms with Gasteiger partial charge in [0.2, 0.25) is 0 Å². The standard InChI is InChI=1S/C18H16O2.2C2H6/c19-13-3-7-15-11(9-13)1-5-17-16-8-4-14(20)10-12(16)2-6-18(15)17;2*1-2/h3-4,7-10,19-20H,1-2,5-6H2;2*1-2H3. The van der Waals surface area contributed by atoms with Crippen LogP contribution in [0.25, 0.3) is 11.1 Å². The van der Waals surface area contributed by atoms with Crippen LogP contribution < -0.4 is 0 Å². The van der Waals surface area contributed by atoms with Crippen molar-refractivity contribution in [1.82, 2.24) is 0 Å². The summed E-state index contributed by atoms with van der Waals surface area (Å²) in [7, 11) is 0. The van der Waals surface area contributed by atoms with Gasteiger partial charge >= 0.3 is 0 Å². The summed E-state index contributed by atoms with van der Waals surface area (Å²) in [5.74, 6) is 0.711. The predicted molar refractivity (Wildman–Crippen MR) is 102 cm³/mol. The Hall–Kier alpha value is -2.22. The summed E-state index contributed by atoms with van der Waals surface area (Å²) in [5, 5.41) is 19.3. The van der Waals surface area contributed by atoms with Crippen LogP contribution in [0, 0.1) is 0 Å². The Labute approximate surface area is 145 Å². The van der Waals surface area contributed by atoms with Crippen LogP contribution in [0.15, 0.2) is 36.4 Å². The molecule has 128 valence electrons. The maximum atomic E-state index is 9.63. The SMILES string of the molecule is CC.CC.Oc1ccc2c(c1)CCC1=C2CCc2cc(O)ccc21. The highest BCUT2D eigenvalue weighted by Gasteiger charge is 2.25. The van der Waals surface area contributed by atoms with E-state index in [1.807, 2.05) is 52.0 Å². The first kappa shape index (κ1) is 18.1. The van der Waals surface area contributed by atoms with Crippen molar-refractivity contribution in [3.05, 3.63) is 58.7 Å². The molecule has 0 fully saturated rings. The summed E-state index contributed by atoms with van der Waals surface area (Å²) < 4.78 is 0. The molecule has 4 rings (SSSR count). The Balaban J connectivity index is 0.000000487. The molecule has 2 N–H and O–H groups in total. The van der Waals surface area contributed by atoms with Gasteiger partial charge in [0.25, 0.3) is 0 Å². The van der Waals surface area contributed by atoms with Gasteiger partial charge in [-0.3, -0.25) is 0 Å². The molecule has 0 heterocycles. The maximum Gasteiger partial charge on any atom is 0.115 e. The second kappa shape index (κ2) is 8.05. The predicted octanol–water partition coefficient (Wildman–Crippen LogP) is 5.95. The van der Waals surface area contributed by atoms with Crippen LogP contribution in [0.4, 0.5) is 0 Å². The Morgan fingerprint density at radius 1 is 0.583 bits per heavy atom. The number of benzene rings is 2. The molecule has 0 atom stereocenters. The van der Waals surface area contributed by atoms with Crippen molar-refractivity contribution < 1.29 is 10.2 Å². The number of fused-ring (bicyclic) bond motifs is 4. The van der Waals surface area contributed by atoms with Crippen LogP contribution in [0.3, 0.4) is 0 Å². The summed E-state index contributed by atoms with van der Waals surface area (Å²) >= 11 is 0. The summed E-state index contributed by atoms with van der Waals surface area (Å²) in [4.78, 5) is 0. The highest BCUT2D eigenvalue weighted by atomic mass is 16.3. The molecule has 0 saturated carbocycles. The van der Waals surface area contributed by atoms with Crippen LogP contribution in [0.5, 0.6) is 11.5 Å². The molecule has 2 heteroatoms. The summed E-state index contributed by atoms with van der Waals surface area (Å²) in [6, 6.07) is 11.4. The third kappa shape index (κ3) is 3.33. The van der Waals surface area contributed by atoms with E-state index in [1.165, 1.54) is 33.4 Å². The topological polar surface area (TPSA) is 40.5 Å². The number of rotatable bonds is 0. The quantitative estimate of drug-likeness (QED) is 0.628.